The second-order valence-corrected chi connectivity index (χ2v) is 4.87. The first-order chi connectivity index (χ1) is 9.04. The molecular formula is C15H15NO3. The van der Waals surface area contributed by atoms with Crippen LogP contribution in [-0.2, 0) is 6.54 Å². The zero-order chi connectivity index (χ0) is 13.7. The summed E-state index contributed by atoms with van der Waals surface area (Å²) in [6, 6.07) is 1.52. The number of rotatable bonds is 1. The van der Waals surface area contributed by atoms with E-state index in [2.05, 4.69) is 0 Å². The van der Waals surface area contributed by atoms with E-state index in [0.29, 0.717) is 12.1 Å². The molecule has 0 aliphatic rings. The lowest BCUT2D eigenvalue weighted by atomic mass is 9.97. The summed E-state index contributed by atoms with van der Waals surface area (Å²) >= 11 is 0. The van der Waals surface area contributed by atoms with Gasteiger partial charge in [-0.15, -0.1) is 0 Å². The fourth-order valence-electron chi connectivity index (χ4n) is 2.80. The Morgan fingerprint density at radius 2 is 1.84 bits per heavy atom. The van der Waals surface area contributed by atoms with Crippen molar-refractivity contribution >= 4 is 21.9 Å². The zero-order valence-electron chi connectivity index (χ0n) is 11.2. The SMILES string of the molecule is Cc1c2oc(=O)cc(C)c2c(C)c2c(CN)coc12. The van der Waals surface area contributed by atoms with E-state index in [1.807, 2.05) is 20.8 Å². The van der Waals surface area contributed by atoms with Gasteiger partial charge in [-0.3, -0.25) is 0 Å². The summed E-state index contributed by atoms with van der Waals surface area (Å²) in [5.41, 5.74) is 10.6. The number of benzene rings is 1. The normalized spacial score (nSPS) is 11.6. The second kappa shape index (κ2) is 3.96. The van der Waals surface area contributed by atoms with Crippen LogP contribution in [0, 0.1) is 20.8 Å². The van der Waals surface area contributed by atoms with Crippen LogP contribution in [0.5, 0.6) is 0 Å². The van der Waals surface area contributed by atoms with Gasteiger partial charge < -0.3 is 14.6 Å². The van der Waals surface area contributed by atoms with E-state index in [1.165, 1.54) is 6.07 Å². The van der Waals surface area contributed by atoms with Gasteiger partial charge in [0.2, 0.25) is 0 Å². The molecule has 0 amide bonds. The first-order valence-corrected chi connectivity index (χ1v) is 6.18. The monoisotopic (exact) mass is 257 g/mol. The van der Waals surface area contributed by atoms with E-state index in [4.69, 9.17) is 14.6 Å². The highest BCUT2D eigenvalue weighted by molar-refractivity contribution is 6.03. The van der Waals surface area contributed by atoms with Gasteiger partial charge in [-0.05, 0) is 31.9 Å². The van der Waals surface area contributed by atoms with Gasteiger partial charge in [0.05, 0.1) is 6.26 Å². The maximum atomic E-state index is 11.5. The molecule has 0 fully saturated rings. The van der Waals surface area contributed by atoms with E-state index in [0.717, 1.165) is 38.6 Å². The highest BCUT2D eigenvalue weighted by Gasteiger charge is 2.18. The third-order valence-corrected chi connectivity index (χ3v) is 3.68. The Bertz CT molecular complexity index is 855. The Morgan fingerprint density at radius 3 is 2.53 bits per heavy atom. The molecule has 0 aliphatic heterocycles. The van der Waals surface area contributed by atoms with Gasteiger partial charge in [-0.1, -0.05) is 0 Å². The minimum atomic E-state index is -0.336. The van der Waals surface area contributed by atoms with E-state index in [1.54, 1.807) is 6.26 Å². The Balaban J connectivity index is 2.67. The van der Waals surface area contributed by atoms with Gasteiger partial charge in [0, 0.05) is 34.5 Å². The zero-order valence-corrected chi connectivity index (χ0v) is 11.2. The predicted octanol–water partition coefficient (Wildman–Crippen LogP) is 2.92. The minimum absolute atomic E-state index is 0.336. The van der Waals surface area contributed by atoms with Crippen LogP contribution in [0.25, 0.3) is 21.9 Å². The second-order valence-electron chi connectivity index (χ2n) is 4.87. The van der Waals surface area contributed by atoms with Crippen molar-refractivity contribution in [2.45, 2.75) is 27.3 Å². The molecule has 1 aromatic carbocycles. The average Bonchev–Trinajstić information content (AvgIpc) is 2.79. The van der Waals surface area contributed by atoms with Crippen molar-refractivity contribution in [1.29, 1.82) is 0 Å². The van der Waals surface area contributed by atoms with Crippen molar-refractivity contribution in [2.75, 3.05) is 0 Å². The lowest BCUT2D eigenvalue weighted by Crippen LogP contribution is -2.01. The molecule has 0 bridgehead atoms. The molecule has 2 N–H and O–H groups in total. The summed E-state index contributed by atoms with van der Waals surface area (Å²) in [4.78, 5) is 11.5. The van der Waals surface area contributed by atoms with Crippen LogP contribution in [0.2, 0.25) is 0 Å². The van der Waals surface area contributed by atoms with Crippen LogP contribution in [-0.4, -0.2) is 0 Å². The molecular weight excluding hydrogens is 242 g/mol. The summed E-state index contributed by atoms with van der Waals surface area (Å²) in [5, 5.41) is 2.00. The number of aryl methyl sites for hydroxylation is 3. The van der Waals surface area contributed by atoms with Crippen molar-refractivity contribution in [3.63, 3.8) is 0 Å². The van der Waals surface area contributed by atoms with E-state index in [-0.39, 0.29) is 5.63 Å². The van der Waals surface area contributed by atoms with Gasteiger partial charge in [0.1, 0.15) is 11.2 Å². The number of nitrogens with two attached hydrogens (primary N) is 1. The van der Waals surface area contributed by atoms with Crippen LogP contribution in [0.4, 0.5) is 0 Å². The Labute approximate surface area is 109 Å². The predicted molar refractivity (Wildman–Crippen MR) is 74.4 cm³/mol. The molecule has 0 spiro atoms. The molecule has 0 atom stereocenters. The highest BCUT2D eigenvalue weighted by Crippen LogP contribution is 2.35. The van der Waals surface area contributed by atoms with Crippen molar-refractivity contribution < 1.29 is 8.83 Å². The molecule has 2 heterocycles. The molecule has 0 saturated carbocycles. The molecule has 19 heavy (non-hydrogen) atoms. The van der Waals surface area contributed by atoms with Crippen molar-refractivity contribution in [3.05, 3.63) is 45.0 Å². The third-order valence-electron chi connectivity index (χ3n) is 3.68. The van der Waals surface area contributed by atoms with E-state index >= 15 is 0 Å². The number of furan rings is 1. The molecule has 98 valence electrons. The van der Waals surface area contributed by atoms with Gasteiger partial charge in [0.15, 0.2) is 0 Å². The van der Waals surface area contributed by atoms with E-state index in [9.17, 15) is 4.79 Å². The summed E-state index contributed by atoms with van der Waals surface area (Å²) in [6.45, 7) is 6.25. The minimum Gasteiger partial charge on any atom is -0.464 e. The first-order valence-electron chi connectivity index (χ1n) is 6.18. The molecule has 0 unspecified atom stereocenters. The van der Waals surface area contributed by atoms with Gasteiger partial charge in [-0.2, -0.15) is 0 Å². The summed E-state index contributed by atoms with van der Waals surface area (Å²) in [7, 11) is 0. The molecule has 2 aromatic heterocycles. The molecule has 3 aromatic rings. The summed E-state index contributed by atoms with van der Waals surface area (Å²) in [6.07, 6.45) is 1.68. The van der Waals surface area contributed by atoms with Crippen LogP contribution < -0.4 is 11.4 Å². The average molecular weight is 257 g/mol. The standard InChI is InChI=1S/C15H15NO3/c1-7-4-11(17)19-15-9(3)14-13(8(2)12(7)15)10(5-16)6-18-14/h4,6H,5,16H2,1-3H3. The third kappa shape index (κ3) is 1.53. The fourth-order valence-corrected chi connectivity index (χ4v) is 2.80. The lowest BCUT2D eigenvalue weighted by molar-refractivity contribution is 0.554. The Hall–Kier alpha value is -2.07. The van der Waals surface area contributed by atoms with Crippen molar-refractivity contribution in [3.8, 4) is 0 Å². The fraction of sp³-hybridized carbons (Fsp3) is 0.267. The first kappa shape index (κ1) is 12.0. The van der Waals surface area contributed by atoms with Crippen LogP contribution >= 0.6 is 0 Å². The van der Waals surface area contributed by atoms with Gasteiger partial charge in [0.25, 0.3) is 0 Å². The number of fused-ring (bicyclic) bond motifs is 2. The molecule has 0 radical (unpaired) electrons. The van der Waals surface area contributed by atoms with Crippen LogP contribution in [0.1, 0.15) is 22.3 Å². The summed E-state index contributed by atoms with van der Waals surface area (Å²) in [5.74, 6) is 0. The highest BCUT2D eigenvalue weighted by atomic mass is 16.4. The van der Waals surface area contributed by atoms with Crippen molar-refractivity contribution in [2.24, 2.45) is 5.73 Å². The molecule has 4 heteroatoms. The molecule has 4 nitrogen and oxygen atoms in total. The Kier molecular flexibility index (Phi) is 2.50. The number of hydrogen-bond donors (Lipinski definition) is 1. The van der Waals surface area contributed by atoms with E-state index < -0.39 is 0 Å². The maximum absolute atomic E-state index is 11.5. The Morgan fingerprint density at radius 1 is 1.11 bits per heavy atom. The topological polar surface area (TPSA) is 69.4 Å². The lowest BCUT2D eigenvalue weighted by Gasteiger charge is -2.09. The quantitative estimate of drug-likeness (QED) is 0.680. The van der Waals surface area contributed by atoms with Gasteiger partial charge >= 0.3 is 5.63 Å². The van der Waals surface area contributed by atoms with Gasteiger partial charge in [-0.25, -0.2) is 4.79 Å². The molecule has 3 rings (SSSR count). The van der Waals surface area contributed by atoms with Crippen LogP contribution in [0.15, 0.2) is 26.0 Å². The largest absolute Gasteiger partial charge is 0.464 e. The van der Waals surface area contributed by atoms with Crippen LogP contribution in [0.3, 0.4) is 0 Å². The molecule has 0 aliphatic carbocycles. The van der Waals surface area contributed by atoms with Crippen molar-refractivity contribution in [1.82, 2.24) is 0 Å². The smallest absolute Gasteiger partial charge is 0.336 e. The number of hydrogen-bond acceptors (Lipinski definition) is 4. The maximum Gasteiger partial charge on any atom is 0.336 e. The summed E-state index contributed by atoms with van der Waals surface area (Å²) < 4.78 is 11.0. The molecule has 0 saturated heterocycles.